The lowest BCUT2D eigenvalue weighted by Crippen LogP contribution is -2.21. The predicted octanol–water partition coefficient (Wildman–Crippen LogP) is 1.85. The van der Waals surface area contributed by atoms with Crippen LogP contribution in [0, 0.1) is 10.1 Å². The van der Waals surface area contributed by atoms with Gasteiger partial charge >= 0.3 is 5.69 Å². The van der Waals surface area contributed by atoms with Crippen LogP contribution in [0.2, 0.25) is 0 Å². The van der Waals surface area contributed by atoms with Crippen LogP contribution in [-0.4, -0.2) is 15.9 Å². The topological polar surface area (TPSA) is 106 Å². The molecular weight excluding hydrogens is 270 g/mol. The first kappa shape index (κ1) is 13.3. The lowest BCUT2D eigenvalue weighted by molar-refractivity contribution is -0.384. The summed E-state index contributed by atoms with van der Waals surface area (Å²) >= 11 is 0. The van der Waals surface area contributed by atoms with Crippen LogP contribution in [-0.2, 0) is 12.8 Å². The number of nitrogen functional groups attached to an aromatic ring is 1. The Balaban J connectivity index is 1.84. The van der Waals surface area contributed by atoms with E-state index in [4.69, 9.17) is 5.84 Å². The monoisotopic (exact) mass is 285 g/mol. The van der Waals surface area contributed by atoms with E-state index in [1.54, 1.807) is 0 Å². The van der Waals surface area contributed by atoms with Crippen molar-refractivity contribution in [2.45, 2.75) is 18.9 Å². The predicted molar refractivity (Wildman–Crippen MR) is 80.0 cm³/mol. The minimum Gasteiger partial charge on any atom is -0.361 e. The quantitative estimate of drug-likeness (QED) is 0.450. The van der Waals surface area contributed by atoms with Crippen molar-refractivity contribution in [3.8, 4) is 0 Å². The third-order valence-electron chi connectivity index (χ3n) is 3.61. The van der Waals surface area contributed by atoms with Gasteiger partial charge < -0.3 is 10.7 Å². The number of rotatable bonds is 4. The van der Waals surface area contributed by atoms with Gasteiger partial charge in [0.2, 0.25) is 5.82 Å². The van der Waals surface area contributed by atoms with Gasteiger partial charge in [-0.15, -0.1) is 0 Å². The normalized spacial score (nSPS) is 13.8. The van der Waals surface area contributed by atoms with Crippen molar-refractivity contribution in [2.24, 2.45) is 5.84 Å². The van der Waals surface area contributed by atoms with Crippen molar-refractivity contribution in [1.82, 2.24) is 4.98 Å². The van der Waals surface area contributed by atoms with Crippen LogP contribution in [0.3, 0.4) is 0 Å². The molecule has 0 amide bonds. The number of benzene rings is 1. The summed E-state index contributed by atoms with van der Waals surface area (Å²) in [4.78, 5) is 14.8. The average Bonchev–Trinajstić information content (AvgIpc) is 2.89. The minimum atomic E-state index is -0.447. The molecule has 3 rings (SSSR count). The van der Waals surface area contributed by atoms with Crippen LogP contribution in [0.1, 0.15) is 11.1 Å². The van der Waals surface area contributed by atoms with E-state index in [9.17, 15) is 10.1 Å². The van der Waals surface area contributed by atoms with E-state index in [-0.39, 0.29) is 17.5 Å². The Morgan fingerprint density at radius 2 is 1.86 bits per heavy atom. The van der Waals surface area contributed by atoms with E-state index in [1.807, 2.05) is 12.1 Å². The molecule has 1 aromatic carbocycles. The van der Waals surface area contributed by atoms with E-state index in [0.29, 0.717) is 5.82 Å². The van der Waals surface area contributed by atoms with E-state index in [0.717, 1.165) is 12.8 Å². The Hall–Kier alpha value is -2.67. The van der Waals surface area contributed by atoms with Crippen LogP contribution in [0.15, 0.2) is 36.4 Å². The number of pyridine rings is 1. The van der Waals surface area contributed by atoms with Gasteiger partial charge in [-0.2, -0.15) is 0 Å². The minimum absolute atomic E-state index is 0.0510. The van der Waals surface area contributed by atoms with Crippen molar-refractivity contribution in [2.75, 3.05) is 10.7 Å². The fraction of sp³-hybridized carbons (Fsp3) is 0.214. The highest BCUT2D eigenvalue weighted by Crippen LogP contribution is 2.28. The summed E-state index contributed by atoms with van der Waals surface area (Å²) < 4.78 is 0. The maximum absolute atomic E-state index is 11.1. The molecule has 0 spiro atoms. The van der Waals surface area contributed by atoms with E-state index >= 15 is 0 Å². The SMILES string of the molecule is NNc1ccc([N+](=O)[O-])c(NC2Cc3ccccc3C2)n1. The summed E-state index contributed by atoms with van der Waals surface area (Å²) in [6, 6.07) is 11.1. The number of aromatic nitrogens is 1. The Labute approximate surface area is 121 Å². The molecule has 0 fully saturated rings. The Morgan fingerprint density at radius 1 is 1.19 bits per heavy atom. The lowest BCUT2D eigenvalue weighted by atomic mass is 10.1. The van der Waals surface area contributed by atoms with Gasteiger partial charge in [-0.05, 0) is 30.0 Å². The zero-order chi connectivity index (χ0) is 14.8. The average molecular weight is 285 g/mol. The number of anilines is 2. The highest BCUT2D eigenvalue weighted by molar-refractivity contribution is 5.61. The van der Waals surface area contributed by atoms with Crippen molar-refractivity contribution < 1.29 is 4.92 Å². The fourth-order valence-corrected chi connectivity index (χ4v) is 2.64. The standard InChI is InChI=1S/C14H15N5O2/c15-18-13-6-5-12(19(20)21)14(17-13)16-11-7-9-3-1-2-4-10(9)8-11/h1-6,11H,7-8,15H2,(H2,16,17,18). The molecule has 7 heteroatoms. The first-order valence-corrected chi connectivity index (χ1v) is 6.62. The lowest BCUT2D eigenvalue weighted by Gasteiger charge is -2.13. The zero-order valence-corrected chi connectivity index (χ0v) is 11.2. The Bertz CT molecular complexity index is 664. The highest BCUT2D eigenvalue weighted by Gasteiger charge is 2.24. The summed E-state index contributed by atoms with van der Waals surface area (Å²) in [6.45, 7) is 0. The number of hydrazine groups is 1. The van der Waals surface area contributed by atoms with Crippen molar-refractivity contribution >= 4 is 17.3 Å². The summed E-state index contributed by atoms with van der Waals surface area (Å²) in [5.74, 6) is 5.94. The molecule has 1 aromatic heterocycles. The third-order valence-corrected chi connectivity index (χ3v) is 3.61. The number of hydrogen-bond donors (Lipinski definition) is 3. The molecule has 0 atom stereocenters. The number of nitro groups is 1. The summed E-state index contributed by atoms with van der Waals surface area (Å²) in [5.41, 5.74) is 4.89. The third kappa shape index (κ3) is 2.63. The summed E-state index contributed by atoms with van der Waals surface area (Å²) in [7, 11) is 0. The number of fused-ring (bicyclic) bond motifs is 1. The first-order chi connectivity index (χ1) is 10.2. The number of nitrogens with two attached hydrogens (primary N) is 1. The molecule has 1 aliphatic rings. The molecule has 1 aliphatic carbocycles. The van der Waals surface area contributed by atoms with Crippen molar-refractivity contribution in [3.63, 3.8) is 0 Å². The molecule has 7 nitrogen and oxygen atoms in total. The molecule has 0 aliphatic heterocycles. The van der Waals surface area contributed by atoms with Crippen molar-refractivity contribution in [1.29, 1.82) is 0 Å². The van der Waals surface area contributed by atoms with Crippen LogP contribution in [0.5, 0.6) is 0 Å². The van der Waals surface area contributed by atoms with Crippen LogP contribution >= 0.6 is 0 Å². The summed E-state index contributed by atoms with van der Waals surface area (Å²) in [6.07, 6.45) is 1.66. The highest BCUT2D eigenvalue weighted by atomic mass is 16.6. The second-order valence-corrected chi connectivity index (χ2v) is 4.98. The molecular formula is C14H15N5O2. The smallest absolute Gasteiger partial charge is 0.311 e. The largest absolute Gasteiger partial charge is 0.361 e. The van der Waals surface area contributed by atoms with Gasteiger partial charge in [0.15, 0.2) is 0 Å². The summed E-state index contributed by atoms with van der Waals surface area (Å²) in [5, 5.41) is 14.3. The Morgan fingerprint density at radius 3 is 2.43 bits per heavy atom. The zero-order valence-electron chi connectivity index (χ0n) is 11.2. The first-order valence-electron chi connectivity index (χ1n) is 6.62. The van der Waals surface area contributed by atoms with Gasteiger partial charge in [0, 0.05) is 12.1 Å². The fourth-order valence-electron chi connectivity index (χ4n) is 2.64. The number of hydrogen-bond acceptors (Lipinski definition) is 6. The second-order valence-electron chi connectivity index (χ2n) is 4.98. The van der Waals surface area contributed by atoms with Crippen molar-refractivity contribution in [3.05, 3.63) is 57.6 Å². The molecule has 0 saturated carbocycles. The molecule has 108 valence electrons. The van der Waals surface area contributed by atoms with E-state index < -0.39 is 4.92 Å². The Kier molecular flexibility index (Phi) is 3.41. The second kappa shape index (κ2) is 5.37. The molecule has 2 aromatic rings. The number of nitrogens with zero attached hydrogens (tertiary/aromatic N) is 2. The van der Waals surface area contributed by atoms with Gasteiger partial charge in [0.25, 0.3) is 0 Å². The molecule has 1 heterocycles. The van der Waals surface area contributed by atoms with Crippen LogP contribution in [0.4, 0.5) is 17.3 Å². The van der Waals surface area contributed by atoms with Crippen LogP contribution in [0.25, 0.3) is 0 Å². The van der Waals surface area contributed by atoms with Gasteiger partial charge in [-0.25, -0.2) is 10.8 Å². The maximum atomic E-state index is 11.1. The molecule has 0 saturated heterocycles. The van der Waals surface area contributed by atoms with Gasteiger partial charge in [0.05, 0.1) is 4.92 Å². The van der Waals surface area contributed by atoms with E-state index in [2.05, 4.69) is 27.9 Å². The van der Waals surface area contributed by atoms with Gasteiger partial charge in [-0.3, -0.25) is 10.1 Å². The van der Waals surface area contributed by atoms with Crippen LogP contribution < -0.4 is 16.6 Å². The van der Waals surface area contributed by atoms with Gasteiger partial charge in [-0.1, -0.05) is 24.3 Å². The maximum Gasteiger partial charge on any atom is 0.311 e. The molecule has 0 unspecified atom stereocenters. The molecule has 21 heavy (non-hydrogen) atoms. The molecule has 0 radical (unpaired) electrons. The van der Waals surface area contributed by atoms with Gasteiger partial charge in [0.1, 0.15) is 5.82 Å². The van der Waals surface area contributed by atoms with E-state index in [1.165, 1.54) is 23.3 Å². The molecule has 4 N–H and O–H groups in total. The number of nitrogens with one attached hydrogen (secondary N) is 2. The molecule has 0 bridgehead atoms.